The number of ether oxygens (including phenoxy) is 1. The van der Waals surface area contributed by atoms with Crippen LogP contribution in [0, 0.1) is 18.3 Å². The maximum atomic E-state index is 12.9. The lowest BCUT2D eigenvalue weighted by Gasteiger charge is -2.31. The number of rotatable bonds is 4. The van der Waals surface area contributed by atoms with Gasteiger partial charge in [-0.05, 0) is 50.5 Å². The Labute approximate surface area is 168 Å². The third kappa shape index (κ3) is 3.25. The molecule has 0 aliphatic heterocycles. The molecule has 0 saturated heterocycles. The van der Waals surface area contributed by atoms with Crippen molar-refractivity contribution in [2.75, 3.05) is 0 Å². The number of esters is 1. The first-order chi connectivity index (χ1) is 13.5. The molecule has 140 valence electrons. The Morgan fingerprint density at radius 2 is 2.07 bits per heavy atom. The van der Waals surface area contributed by atoms with E-state index in [0.29, 0.717) is 5.56 Å². The molecule has 1 aliphatic carbocycles. The lowest BCUT2D eigenvalue weighted by molar-refractivity contribution is -0.00149. The molecule has 1 saturated carbocycles. The van der Waals surface area contributed by atoms with Crippen LogP contribution in [-0.4, -0.2) is 11.6 Å². The van der Waals surface area contributed by atoms with Crippen LogP contribution in [0.1, 0.15) is 36.5 Å². The monoisotopic (exact) mass is 387 g/mol. The van der Waals surface area contributed by atoms with Gasteiger partial charge in [0.1, 0.15) is 5.38 Å². The summed E-state index contributed by atoms with van der Waals surface area (Å²) in [7, 11) is -0.168. The molecule has 3 atom stereocenters. The quantitative estimate of drug-likeness (QED) is 0.221. The highest BCUT2D eigenvalue weighted by atomic mass is 32.2. The van der Waals surface area contributed by atoms with E-state index in [1.807, 2.05) is 25.1 Å². The summed E-state index contributed by atoms with van der Waals surface area (Å²) < 4.78 is 7.15. The van der Waals surface area contributed by atoms with Gasteiger partial charge < -0.3 is 4.74 Å². The zero-order valence-corrected chi connectivity index (χ0v) is 16.8. The van der Waals surface area contributed by atoms with E-state index in [1.165, 1.54) is 10.1 Å². The van der Waals surface area contributed by atoms with Crippen molar-refractivity contribution in [2.45, 2.75) is 31.8 Å². The Bertz CT molecular complexity index is 1100. The van der Waals surface area contributed by atoms with Crippen molar-refractivity contribution >= 4 is 26.5 Å². The van der Waals surface area contributed by atoms with E-state index >= 15 is 0 Å². The summed E-state index contributed by atoms with van der Waals surface area (Å²) in [4.78, 5) is 14.0. The lowest BCUT2D eigenvalue weighted by atomic mass is 9.85. The molecule has 1 aliphatic rings. The van der Waals surface area contributed by atoms with Crippen molar-refractivity contribution in [2.24, 2.45) is 5.92 Å². The molecule has 1 aromatic heterocycles. The summed E-state index contributed by atoms with van der Waals surface area (Å²) in [6.07, 6.45) is 8.69. The van der Waals surface area contributed by atoms with Crippen LogP contribution in [-0.2, 0) is 4.74 Å². The minimum absolute atomic E-state index is 0.0242. The fourth-order valence-electron chi connectivity index (χ4n) is 4.03. The highest BCUT2D eigenvalue weighted by Crippen LogP contribution is 2.41. The van der Waals surface area contributed by atoms with Crippen LogP contribution in [0.5, 0.6) is 0 Å². The van der Waals surface area contributed by atoms with Crippen LogP contribution in [0.2, 0.25) is 0 Å². The number of fused-ring (bicyclic) bond motifs is 1. The Morgan fingerprint density at radius 1 is 1.25 bits per heavy atom. The van der Waals surface area contributed by atoms with Crippen LogP contribution in [0.15, 0.2) is 72.1 Å². The molecule has 0 bridgehead atoms. The van der Waals surface area contributed by atoms with Crippen molar-refractivity contribution in [1.82, 2.24) is 0 Å². The molecular formula is C25H23O2S+. The molecule has 0 spiro atoms. The molecule has 28 heavy (non-hydrogen) atoms. The van der Waals surface area contributed by atoms with E-state index in [4.69, 9.17) is 11.2 Å². The predicted molar refractivity (Wildman–Crippen MR) is 117 cm³/mol. The average Bonchev–Trinajstić information content (AvgIpc) is 3.34. The molecule has 1 fully saturated rings. The van der Waals surface area contributed by atoms with Gasteiger partial charge in [0.15, 0.2) is 15.2 Å². The van der Waals surface area contributed by atoms with Gasteiger partial charge in [0.05, 0.1) is 5.56 Å². The maximum absolute atomic E-state index is 12.9. The van der Waals surface area contributed by atoms with Gasteiger partial charge in [0.2, 0.25) is 0 Å². The van der Waals surface area contributed by atoms with Crippen molar-refractivity contribution in [1.29, 1.82) is 0 Å². The van der Waals surface area contributed by atoms with Crippen LogP contribution in [0.3, 0.4) is 0 Å². The number of carbonyl (C=O) groups excluding carboxylic acids is 1. The first kappa shape index (κ1) is 18.5. The summed E-state index contributed by atoms with van der Waals surface area (Å²) in [5.41, 5.74) is 0.659. The minimum atomic E-state index is -0.956. The number of benzene rings is 2. The largest absolute Gasteiger partial charge is 0.442 e. The van der Waals surface area contributed by atoms with Crippen LogP contribution < -0.4 is 0 Å². The predicted octanol–water partition coefficient (Wildman–Crippen LogP) is 6.48. The Balaban J connectivity index is 1.63. The molecule has 0 N–H and O–H groups in total. The zero-order valence-electron chi connectivity index (χ0n) is 16.0. The molecule has 3 heteroatoms. The molecule has 2 aromatic carbocycles. The Kier molecular flexibility index (Phi) is 4.83. The second-order valence-electron chi connectivity index (χ2n) is 7.45. The zero-order chi connectivity index (χ0) is 19.7. The average molecular weight is 388 g/mol. The van der Waals surface area contributed by atoms with E-state index in [2.05, 4.69) is 48.2 Å². The van der Waals surface area contributed by atoms with Gasteiger partial charge in [-0.1, -0.05) is 36.3 Å². The summed E-state index contributed by atoms with van der Waals surface area (Å²) in [6.45, 7) is 5.95. The van der Waals surface area contributed by atoms with Gasteiger partial charge in [-0.2, -0.15) is 0 Å². The summed E-state index contributed by atoms with van der Waals surface area (Å²) in [5, 5.41) is 3.43. The number of carbonyl (C=O) groups is 1. The number of terminal acetylenes is 1. The van der Waals surface area contributed by atoms with Gasteiger partial charge in [-0.3, -0.25) is 0 Å². The van der Waals surface area contributed by atoms with Crippen LogP contribution in [0.4, 0.5) is 0 Å². The number of thiophene rings is 1. The van der Waals surface area contributed by atoms with Crippen LogP contribution in [0.25, 0.3) is 15.0 Å². The van der Waals surface area contributed by atoms with Crippen molar-refractivity contribution in [3.8, 4) is 17.2 Å². The number of hydrogen-bond donors (Lipinski definition) is 0. The van der Waals surface area contributed by atoms with Gasteiger partial charge in [0, 0.05) is 33.9 Å². The van der Waals surface area contributed by atoms with Crippen molar-refractivity contribution < 1.29 is 9.53 Å². The Morgan fingerprint density at radius 3 is 2.82 bits per heavy atom. The molecule has 0 radical (unpaired) electrons. The first-order valence-electron chi connectivity index (χ1n) is 9.51. The maximum Gasteiger partial charge on any atom is 0.339 e. The second kappa shape index (κ2) is 7.30. The standard InChI is InChI=1S/C25H23O2S/c1-4-25(3,22-13-7-9-18(22)2)27-24(26)20-11-8-12-21(17-20)28-16-15-19-10-5-6-14-23(19)28/h1,5-6,8,10-12,14-17,22H,2,7,9,13H2,3H3/q+1. The third-order valence-electron chi connectivity index (χ3n) is 5.60. The van der Waals surface area contributed by atoms with E-state index < -0.39 is 5.60 Å². The summed E-state index contributed by atoms with van der Waals surface area (Å²) in [5.74, 6) is 2.37. The van der Waals surface area contributed by atoms with Crippen molar-refractivity contribution in [3.05, 3.63) is 77.7 Å². The van der Waals surface area contributed by atoms with Gasteiger partial charge >= 0.3 is 5.97 Å². The first-order valence-corrected chi connectivity index (χ1v) is 10.8. The van der Waals surface area contributed by atoms with Crippen LogP contribution >= 0.6 is 10.5 Å². The fourth-order valence-corrected chi connectivity index (χ4v) is 5.96. The second-order valence-corrected chi connectivity index (χ2v) is 9.31. The molecule has 1 heterocycles. The fraction of sp³-hybridized carbons (Fsp3) is 0.240. The van der Waals surface area contributed by atoms with E-state index in [0.717, 1.165) is 29.7 Å². The molecule has 0 amide bonds. The van der Waals surface area contributed by atoms with Crippen molar-refractivity contribution in [3.63, 3.8) is 0 Å². The van der Waals surface area contributed by atoms with Gasteiger partial charge in [-0.25, -0.2) is 4.79 Å². The van der Waals surface area contributed by atoms with Gasteiger partial charge in [0.25, 0.3) is 0 Å². The van der Waals surface area contributed by atoms with E-state index in [1.54, 1.807) is 6.07 Å². The molecule has 4 rings (SSSR count). The highest BCUT2D eigenvalue weighted by molar-refractivity contribution is 7.43. The summed E-state index contributed by atoms with van der Waals surface area (Å²) >= 11 is 0. The van der Waals surface area contributed by atoms with Gasteiger partial charge in [-0.15, -0.1) is 6.42 Å². The Hall–Kier alpha value is -2.83. The number of hydrogen-bond acceptors (Lipinski definition) is 2. The molecule has 3 aromatic rings. The SMILES string of the molecule is C#CC(C)(OC(=O)c1cccc(-[s+]2ccc3ccccc32)c1)C1CCCC1=C. The smallest absolute Gasteiger partial charge is 0.339 e. The lowest BCUT2D eigenvalue weighted by Crippen LogP contribution is -2.37. The molecular weight excluding hydrogens is 364 g/mol. The third-order valence-corrected chi connectivity index (χ3v) is 7.62. The topological polar surface area (TPSA) is 26.3 Å². The molecule has 3 unspecified atom stereocenters. The molecule has 2 nitrogen and oxygen atoms in total. The van der Waals surface area contributed by atoms with E-state index in [9.17, 15) is 4.79 Å². The highest BCUT2D eigenvalue weighted by Gasteiger charge is 2.40. The van der Waals surface area contributed by atoms with E-state index in [-0.39, 0.29) is 22.4 Å². The summed E-state index contributed by atoms with van der Waals surface area (Å²) in [6, 6.07) is 18.2. The normalized spacial score (nSPS) is 19.2. The minimum Gasteiger partial charge on any atom is -0.442 e.